The summed E-state index contributed by atoms with van der Waals surface area (Å²) in [6.07, 6.45) is 2.04. The maximum Gasteiger partial charge on any atom is 0.183 e. The van der Waals surface area contributed by atoms with Crippen LogP contribution in [0.2, 0.25) is 0 Å². The van der Waals surface area contributed by atoms with E-state index in [4.69, 9.17) is 0 Å². The molecule has 0 amide bonds. The Kier molecular flexibility index (Phi) is 4.07. The highest BCUT2D eigenvalue weighted by molar-refractivity contribution is 9.10. The van der Waals surface area contributed by atoms with Crippen molar-refractivity contribution in [2.24, 2.45) is 10.2 Å². The number of rotatable bonds is 3. The summed E-state index contributed by atoms with van der Waals surface area (Å²) in [7, 11) is 0. The van der Waals surface area contributed by atoms with Crippen molar-refractivity contribution in [3.8, 4) is 0 Å². The van der Waals surface area contributed by atoms with Crippen LogP contribution in [0, 0.1) is 6.92 Å². The molecule has 4 nitrogen and oxygen atoms in total. The van der Waals surface area contributed by atoms with Gasteiger partial charge in [0.25, 0.3) is 0 Å². The van der Waals surface area contributed by atoms with Crippen LogP contribution < -0.4 is 0 Å². The topological polar surface area (TPSA) is 42.0 Å². The zero-order valence-corrected chi connectivity index (χ0v) is 14.4. The van der Waals surface area contributed by atoms with Crippen molar-refractivity contribution in [3.05, 3.63) is 58.3 Å². The molecule has 5 heteroatoms. The first-order valence-electron chi connectivity index (χ1n) is 7.21. The van der Waals surface area contributed by atoms with Gasteiger partial charge in [-0.15, -0.1) is 10.2 Å². The maximum absolute atomic E-state index is 4.69. The first kappa shape index (κ1) is 14.9. The van der Waals surface area contributed by atoms with E-state index in [0.29, 0.717) is 0 Å². The molecule has 22 heavy (non-hydrogen) atoms. The second-order valence-electron chi connectivity index (χ2n) is 5.56. The molecule has 0 saturated carbocycles. The minimum Gasteiger partial charge on any atom is -0.283 e. The van der Waals surface area contributed by atoms with Crippen LogP contribution in [0.3, 0.4) is 0 Å². The molecule has 0 bridgehead atoms. The number of hydrogen-bond acceptors (Lipinski definition) is 3. The third kappa shape index (κ3) is 2.81. The maximum atomic E-state index is 4.69. The summed E-state index contributed by atoms with van der Waals surface area (Å²) in [5.74, 6) is 1.08. The second-order valence-corrected chi connectivity index (χ2v) is 6.42. The second kappa shape index (κ2) is 6.01. The summed E-state index contributed by atoms with van der Waals surface area (Å²) in [6, 6.07) is 11.9. The molecule has 0 atom stereocenters. The summed E-state index contributed by atoms with van der Waals surface area (Å²) in [6.45, 7) is 6.29. The van der Waals surface area contributed by atoms with E-state index in [-0.39, 0.29) is 5.92 Å². The Morgan fingerprint density at radius 3 is 2.59 bits per heavy atom. The standard InChI is InChI=1S/C17H17BrN4/c1-11(2)16-17(21-20-14-7-5-4-6-13(14)18)22-10-12(3)8-9-15(22)19-16/h4-11H,1-3H3. The molecule has 1 aromatic carbocycles. The molecule has 0 unspecified atom stereocenters. The van der Waals surface area contributed by atoms with E-state index in [1.54, 1.807) is 0 Å². The Labute approximate surface area is 138 Å². The van der Waals surface area contributed by atoms with E-state index in [1.165, 1.54) is 0 Å². The molecule has 0 spiro atoms. The van der Waals surface area contributed by atoms with Gasteiger partial charge in [0.1, 0.15) is 5.65 Å². The summed E-state index contributed by atoms with van der Waals surface area (Å²) >= 11 is 3.49. The molecule has 2 aromatic heterocycles. The number of fused-ring (bicyclic) bond motifs is 1. The van der Waals surface area contributed by atoms with Crippen molar-refractivity contribution in [1.29, 1.82) is 0 Å². The Morgan fingerprint density at radius 1 is 1.09 bits per heavy atom. The Bertz CT molecular complexity index is 849. The summed E-state index contributed by atoms with van der Waals surface area (Å²) in [5, 5.41) is 8.87. The molecule has 0 aliphatic carbocycles. The molecule has 3 aromatic rings. The van der Waals surface area contributed by atoms with Crippen LogP contribution in [0.5, 0.6) is 0 Å². The summed E-state index contributed by atoms with van der Waals surface area (Å²) in [4.78, 5) is 4.69. The van der Waals surface area contributed by atoms with Gasteiger partial charge in [0, 0.05) is 10.7 Å². The highest BCUT2D eigenvalue weighted by atomic mass is 79.9. The first-order chi connectivity index (χ1) is 10.6. The van der Waals surface area contributed by atoms with Crippen molar-refractivity contribution in [2.45, 2.75) is 26.7 Å². The van der Waals surface area contributed by atoms with Crippen LogP contribution in [0.4, 0.5) is 11.5 Å². The zero-order chi connectivity index (χ0) is 15.7. The molecule has 3 rings (SSSR count). The number of azo groups is 1. The Morgan fingerprint density at radius 2 is 1.86 bits per heavy atom. The Balaban J connectivity index is 2.14. The van der Waals surface area contributed by atoms with Crippen molar-refractivity contribution in [2.75, 3.05) is 0 Å². The number of halogens is 1. The van der Waals surface area contributed by atoms with Crippen LogP contribution >= 0.6 is 15.9 Å². The van der Waals surface area contributed by atoms with Crippen molar-refractivity contribution >= 4 is 33.1 Å². The van der Waals surface area contributed by atoms with Gasteiger partial charge in [-0.3, -0.25) is 4.40 Å². The normalized spacial score (nSPS) is 11.9. The van der Waals surface area contributed by atoms with Gasteiger partial charge < -0.3 is 0 Å². The van der Waals surface area contributed by atoms with E-state index >= 15 is 0 Å². The minimum atomic E-state index is 0.286. The molecule has 0 radical (unpaired) electrons. The summed E-state index contributed by atoms with van der Waals surface area (Å²) < 4.78 is 2.93. The number of aromatic nitrogens is 2. The molecule has 0 aliphatic rings. The van der Waals surface area contributed by atoms with Crippen LogP contribution in [-0.2, 0) is 0 Å². The predicted octanol–water partition coefficient (Wildman–Crippen LogP) is 5.94. The lowest BCUT2D eigenvalue weighted by Gasteiger charge is -2.02. The van der Waals surface area contributed by atoms with E-state index in [2.05, 4.69) is 58.0 Å². The highest BCUT2D eigenvalue weighted by Crippen LogP contribution is 2.31. The SMILES string of the molecule is Cc1ccc2nc(C(C)C)c(N=Nc3ccccc3Br)n2c1. The van der Waals surface area contributed by atoms with Gasteiger partial charge in [-0.05, 0) is 52.5 Å². The average molecular weight is 357 g/mol. The van der Waals surface area contributed by atoms with E-state index in [0.717, 1.165) is 32.9 Å². The molecular formula is C17H17BrN4. The predicted molar refractivity (Wildman–Crippen MR) is 92.3 cm³/mol. The van der Waals surface area contributed by atoms with E-state index in [1.807, 2.05) is 40.9 Å². The van der Waals surface area contributed by atoms with E-state index < -0.39 is 0 Å². The van der Waals surface area contributed by atoms with Gasteiger partial charge in [-0.2, -0.15) is 0 Å². The summed E-state index contributed by atoms with van der Waals surface area (Å²) in [5.41, 5.74) is 3.83. The van der Waals surface area contributed by atoms with Crippen LogP contribution in [-0.4, -0.2) is 9.38 Å². The molecule has 0 saturated heterocycles. The molecule has 112 valence electrons. The zero-order valence-electron chi connectivity index (χ0n) is 12.8. The Hall–Kier alpha value is -2.01. The third-order valence-corrected chi connectivity index (χ3v) is 4.09. The lowest BCUT2D eigenvalue weighted by atomic mass is 10.1. The number of imidazole rings is 1. The molecule has 0 fully saturated rings. The van der Waals surface area contributed by atoms with Crippen molar-refractivity contribution in [1.82, 2.24) is 9.38 Å². The average Bonchev–Trinajstić information content (AvgIpc) is 2.84. The van der Waals surface area contributed by atoms with Gasteiger partial charge in [0.15, 0.2) is 5.82 Å². The van der Waals surface area contributed by atoms with Gasteiger partial charge in [-0.25, -0.2) is 4.98 Å². The lowest BCUT2D eigenvalue weighted by molar-refractivity contribution is 0.831. The first-order valence-corrected chi connectivity index (χ1v) is 8.00. The number of pyridine rings is 1. The minimum absolute atomic E-state index is 0.286. The smallest absolute Gasteiger partial charge is 0.183 e. The fourth-order valence-corrected chi connectivity index (χ4v) is 2.64. The third-order valence-electron chi connectivity index (χ3n) is 3.42. The van der Waals surface area contributed by atoms with Crippen LogP contribution in [0.1, 0.15) is 31.0 Å². The number of benzene rings is 1. The molecule has 0 aliphatic heterocycles. The number of nitrogens with zero attached hydrogens (tertiary/aromatic N) is 4. The van der Waals surface area contributed by atoms with Crippen LogP contribution in [0.25, 0.3) is 5.65 Å². The van der Waals surface area contributed by atoms with Crippen molar-refractivity contribution < 1.29 is 0 Å². The highest BCUT2D eigenvalue weighted by Gasteiger charge is 2.15. The molecule has 0 N–H and O–H groups in total. The van der Waals surface area contributed by atoms with E-state index in [9.17, 15) is 0 Å². The van der Waals surface area contributed by atoms with Gasteiger partial charge in [-0.1, -0.05) is 32.0 Å². The monoisotopic (exact) mass is 356 g/mol. The lowest BCUT2D eigenvalue weighted by Crippen LogP contribution is -1.88. The molecular weight excluding hydrogens is 340 g/mol. The number of aryl methyl sites for hydroxylation is 1. The largest absolute Gasteiger partial charge is 0.283 e. The fraction of sp³-hybridized carbons (Fsp3) is 0.235. The molecule has 2 heterocycles. The van der Waals surface area contributed by atoms with Crippen LogP contribution in [0.15, 0.2) is 57.3 Å². The van der Waals surface area contributed by atoms with Gasteiger partial charge in [0.2, 0.25) is 0 Å². The quantitative estimate of drug-likeness (QED) is 0.535. The number of hydrogen-bond donors (Lipinski definition) is 0. The van der Waals surface area contributed by atoms with Gasteiger partial charge >= 0.3 is 0 Å². The fourth-order valence-electron chi connectivity index (χ4n) is 2.28. The van der Waals surface area contributed by atoms with Gasteiger partial charge in [0.05, 0.1) is 11.4 Å². The van der Waals surface area contributed by atoms with Crippen molar-refractivity contribution in [3.63, 3.8) is 0 Å².